The highest BCUT2D eigenvalue weighted by atomic mass is 35.5. The Morgan fingerprint density at radius 3 is 2.30 bits per heavy atom. The van der Waals surface area contributed by atoms with E-state index in [1.807, 2.05) is 12.1 Å². The van der Waals surface area contributed by atoms with Crippen molar-refractivity contribution in [2.75, 3.05) is 39.0 Å². The second-order valence-corrected chi connectivity index (χ2v) is 13.0. The van der Waals surface area contributed by atoms with Gasteiger partial charge in [0.2, 0.25) is 17.7 Å². The third kappa shape index (κ3) is 8.87. The van der Waals surface area contributed by atoms with Crippen LogP contribution in [0.3, 0.4) is 0 Å². The average Bonchev–Trinajstić information content (AvgIpc) is 2.88. The molecular weight excluding hydrogens is 564 g/mol. The zero-order valence-electron chi connectivity index (χ0n) is 22.4. The van der Waals surface area contributed by atoms with Crippen molar-refractivity contribution in [3.8, 4) is 11.5 Å². The van der Waals surface area contributed by atoms with Crippen molar-refractivity contribution < 1.29 is 31.5 Å². The van der Waals surface area contributed by atoms with Crippen molar-refractivity contribution >= 4 is 33.3 Å². The Labute approximate surface area is 238 Å². The lowest BCUT2D eigenvalue weighted by molar-refractivity contribution is -0.134. The molecule has 2 aromatic carbocycles. The maximum absolute atomic E-state index is 13.3. The molecule has 2 amide bonds. The molecule has 2 aliphatic rings. The second-order valence-electron chi connectivity index (χ2n) is 10.6. The number of halogens is 3. The number of hydrogen-bond donors (Lipinski definition) is 1. The number of carbonyl (C=O) groups is 2. The number of nitrogens with one attached hydrogen (secondary N) is 1. The Kier molecular flexibility index (Phi) is 9.68. The van der Waals surface area contributed by atoms with Crippen LogP contribution in [0, 0.1) is 5.92 Å². The van der Waals surface area contributed by atoms with E-state index < -0.39 is 15.8 Å². The Morgan fingerprint density at radius 2 is 1.68 bits per heavy atom. The first-order chi connectivity index (χ1) is 18.9. The fraction of sp³-hybridized carbons (Fsp3) is 0.500. The molecule has 1 aliphatic carbocycles. The van der Waals surface area contributed by atoms with Crippen LogP contribution in [0.2, 0.25) is 5.02 Å². The van der Waals surface area contributed by atoms with Gasteiger partial charge < -0.3 is 15.0 Å². The zero-order chi connectivity index (χ0) is 28.9. The van der Waals surface area contributed by atoms with Gasteiger partial charge in [0.25, 0.3) is 0 Å². The van der Waals surface area contributed by atoms with Crippen molar-refractivity contribution in [3.63, 3.8) is 0 Å². The van der Waals surface area contributed by atoms with Gasteiger partial charge in [0.1, 0.15) is 11.5 Å². The summed E-state index contributed by atoms with van der Waals surface area (Å²) in [6.07, 6.45) is 1.61. The second kappa shape index (κ2) is 12.8. The molecule has 0 spiro atoms. The molecule has 4 rings (SSSR count). The molecule has 0 unspecified atom stereocenters. The molecule has 2 fully saturated rings. The van der Waals surface area contributed by atoms with E-state index in [9.17, 15) is 26.8 Å². The molecule has 1 N–H and O–H groups in total. The fourth-order valence-electron chi connectivity index (χ4n) is 5.00. The minimum Gasteiger partial charge on any atom is -0.457 e. The summed E-state index contributed by atoms with van der Waals surface area (Å²) in [5, 5.41) is 3.16. The first kappa shape index (κ1) is 30.2. The normalized spacial score (nSPS) is 18.4. The summed E-state index contributed by atoms with van der Waals surface area (Å²) in [5.41, 5.74) is 0.933. The monoisotopic (exact) mass is 597 g/mol. The van der Waals surface area contributed by atoms with Crippen LogP contribution >= 0.6 is 11.6 Å². The minimum absolute atomic E-state index is 0.0592. The number of carbonyl (C=O) groups excluding carboxylic acids is 2. The van der Waals surface area contributed by atoms with Crippen LogP contribution in [-0.4, -0.2) is 74.9 Å². The lowest BCUT2D eigenvalue weighted by Gasteiger charge is -2.35. The first-order valence-electron chi connectivity index (χ1n) is 13.3. The minimum atomic E-state index is -3.29. The molecule has 0 aromatic heterocycles. The molecule has 218 valence electrons. The topological polar surface area (TPSA) is 96.0 Å². The van der Waals surface area contributed by atoms with Gasteiger partial charge in [-0.1, -0.05) is 11.6 Å². The number of rotatable bonds is 9. The van der Waals surface area contributed by atoms with Crippen LogP contribution in [0.4, 0.5) is 8.78 Å². The van der Waals surface area contributed by atoms with Crippen LogP contribution in [0.1, 0.15) is 37.7 Å². The number of sulfone groups is 1. The van der Waals surface area contributed by atoms with E-state index in [1.54, 1.807) is 23.1 Å². The summed E-state index contributed by atoms with van der Waals surface area (Å²) in [4.78, 5) is 28.9. The molecule has 0 bridgehead atoms. The van der Waals surface area contributed by atoms with Crippen molar-refractivity contribution in [1.82, 2.24) is 15.1 Å². The van der Waals surface area contributed by atoms with Crippen molar-refractivity contribution in [3.05, 3.63) is 53.1 Å². The first-order valence-corrected chi connectivity index (χ1v) is 15.6. The van der Waals surface area contributed by atoms with E-state index in [2.05, 4.69) is 10.2 Å². The van der Waals surface area contributed by atoms with Crippen LogP contribution in [0.25, 0.3) is 0 Å². The maximum atomic E-state index is 13.3. The van der Waals surface area contributed by atoms with E-state index in [4.69, 9.17) is 16.3 Å². The van der Waals surface area contributed by atoms with Gasteiger partial charge in [0.15, 0.2) is 9.84 Å². The standard InChI is InChI=1S/C28H34ClF2N3O5S/c1-40(37,38)25-4-2-23(3-5-25)39-24-15-21(14-22(29)17-24)19-33-10-12-34(13-11-33)27(36)18-32-26(35)16-20-6-8-28(30,31)9-7-20/h2-5,14-15,17,20H,6-13,16,18-19H2,1H3,(H,32,35). The molecule has 40 heavy (non-hydrogen) atoms. The average molecular weight is 598 g/mol. The van der Waals surface area contributed by atoms with Gasteiger partial charge in [-0.2, -0.15) is 0 Å². The van der Waals surface area contributed by atoms with Crippen LogP contribution < -0.4 is 10.1 Å². The Bertz CT molecular complexity index is 1310. The highest BCUT2D eigenvalue weighted by Crippen LogP contribution is 2.37. The largest absolute Gasteiger partial charge is 0.457 e. The molecule has 2 aromatic rings. The fourth-order valence-corrected chi connectivity index (χ4v) is 5.88. The summed E-state index contributed by atoms with van der Waals surface area (Å²) in [6, 6.07) is 11.6. The third-order valence-corrected chi connectivity index (χ3v) is 8.64. The number of hydrogen-bond acceptors (Lipinski definition) is 6. The molecule has 12 heteroatoms. The van der Waals surface area contributed by atoms with E-state index in [0.29, 0.717) is 62.1 Å². The highest BCUT2D eigenvalue weighted by Gasteiger charge is 2.35. The van der Waals surface area contributed by atoms with Gasteiger partial charge in [-0.25, -0.2) is 17.2 Å². The van der Waals surface area contributed by atoms with E-state index in [0.717, 1.165) is 11.8 Å². The lowest BCUT2D eigenvalue weighted by Crippen LogP contribution is -2.50. The Morgan fingerprint density at radius 1 is 1.02 bits per heavy atom. The number of alkyl halides is 2. The van der Waals surface area contributed by atoms with E-state index in [-0.39, 0.29) is 48.4 Å². The number of amides is 2. The Balaban J connectivity index is 1.21. The van der Waals surface area contributed by atoms with Gasteiger partial charge in [0.05, 0.1) is 11.4 Å². The van der Waals surface area contributed by atoms with Crippen LogP contribution in [-0.2, 0) is 26.0 Å². The SMILES string of the molecule is CS(=O)(=O)c1ccc(Oc2cc(Cl)cc(CN3CCN(C(=O)CNC(=O)CC4CCC(F)(F)CC4)CC3)c2)cc1. The highest BCUT2D eigenvalue weighted by molar-refractivity contribution is 7.90. The Hall–Kier alpha value is -2.76. The van der Waals surface area contributed by atoms with Gasteiger partial charge in [0, 0.05) is 63.3 Å². The van der Waals surface area contributed by atoms with Crippen molar-refractivity contribution in [1.29, 1.82) is 0 Å². The number of benzene rings is 2. The number of piperazine rings is 1. The van der Waals surface area contributed by atoms with Gasteiger partial charge in [-0.3, -0.25) is 14.5 Å². The molecule has 1 heterocycles. The maximum Gasteiger partial charge on any atom is 0.248 e. The quantitative estimate of drug-likeness (QED) is 0.457. The predicted molar refractivity (Wildman–Crippen MR) is 147 cm³/mol. The van der Waals surface area contributed by atoms with E-state index >= 15 is 0 Å². The molecular formula is C28H34ClF2N3O5S. The van der Waals surface area contributed by atoms with Gasteiger partial charge in [-0.05, 0) is 66.8 Å². The molecule has 1 saturated heterocycles. The summed E-state index contributed by atoms with van der Waals surface area (Å²) < 4.78 is 55.8. The molecule has 8 nitrogen and oxygen atoms in total. The smallest absolute Gasteiger partial charge is 0.248 e. The van der Waals surface area contributed by atoms with Crippen LogP contribution in [0.5, 0.6) is 11.5 Å². The lowest BCUT2D eigenvalue weighted by atomic mass is 9.84. The summed E-state index contributed by atoms with van der Waals surface area (Å²) in [6.45, 7) is 2.83. The predicted octanol–water partition coefficient (Wildman–Crippen LogP) is 4.51. The van der Waals surface area contributed by atoms with Crippen LogP contribution in [0.15, 0.2) is 47.4 Å². The molecule has 0 atom stereocenters. The van der Waals surface area contributed by atoms with Crippen molar-refractivity contribution in [2.24, 2.45) is 5.92 Å². The van der Waals surface area contributed by atoms with Gasteiger partial charge in [-0.15, -0.1) is 0 Å². The van der Waals surface area contributed by atoms with E-state index in [1.165, 1.54) is 12.1 Å². The number of ether oxygens (including phenoxy) is 1. The molecule has 1 saturated carbocycles. The summed E-state index contributed by atoms with van der Waals surface area (Å²) >= 11 is 6.32. The molecule has 0 radical (unpaired) electrons. The number of nitrogens with zero attached hydrogens (tertiary/aromatic N) is 2. The molecule has 1 aliphatic heterocycles. The van der Waals surface area contributed by atoms with Crippen molar-refractivity contribution in [2.45, 2.75) is 49.5 Å². The van der Waals surface area contributed by atoms with Gasteiger partial charge >= 0.3 is 0 Å². The summed E-state index contributed by atoms with van der Waals surface area (Å²) in [7, 11) is -3.29. The zero-order valence-corrected chi connectivity index (χ0v) is 23.9. The summed E-state index contributed by atoms with van der Waals surface area (Å²) in [5.74, 6) is -2.10. The third-order valence-electron chi connectivity index (χ3n) is 7.30.